The number of para-hydroxylation sites is 2. The fourth-order valence-electron chi connectivity index (χ4n) is 1.90. The number of benzene rings is 2. The summed E-state index contributed by atoms with van der Waals surface area (Å²) in [7, 11) is -3.82. The summed E-state index contributed by atoms with van der Waals surface area (Å²) in [6, 6.07) is 11.8. The molecule has 5 nitrogen and oxygen atoms in total. The fraction of sp³-hybridized carbons (Fsp3) is 0.188. The van der Waals surface area contributed by atoms with Gasteiger partial charge in [0.25, 0.3) is 10.0 Å². The molecule has 0 amide bonds. The minimum Gasteiger partial charge on any atom is -0.506 e. The average Bonchev–Trinajstić information content (AvgIpc) is 2.49. The first-order valence-electron chi connectivity index (χ1n) is 6.76. The summed E-state index contributed by atoms with van der Waals surface area (Å²) in [6.07, 6.45) is 0. The zero-order chi connectivity index (χ0) is 16.3. The number of hydrogen-bond donors (Lipinski definition) is 2. The lowest BCUT2D eigenvalue weighted by Gasteiger charge is -2.10. The Labute approximate surface area is 129 Å². The summed E-state index contributed by atoms with van der Waals surface area (Å²) in [5.74, 6) is -0.350. The molecule has 0 saturated heterocycles. The molecule has 0 aliphatic heterocycles. The molecule has 0 saturated carbocycles. The summed E-state index contributed by atoms with van der Waals surface area (Å²) in [5.41, 5.74) is 0.571. The number of carbonyl (C=O) groups is 1. The van der Waals surface area contributed by atoms with Gasteiger partial charge in [-0.15, -0.1) is 0 Å². The Hall–Kier alpha value is -2.34. The van der Waals surface area contributed by atoms with Crippen molar-refractivity contribution in [2.75, 3.05) is 4.72 Å². The maximum atomic E-state index is 12.3. The van der Waals surface area contributed by atoms with Gasteiger partial charge in [0.2, 0.25) is 0 Å². The Morgan fingerprint density at radius 2 is 1.64 bits per heavy atom. The fourth-order valence-corrected chi connectivity index (χ4v) is 2.97. The van der Waals surface area contributed by atoms with Gasteiger partial charge in [-0.3, -0.25) is 9.52 Å². The van der Waals surface area contributed by atoms with Crippen LogP contribution in [-0.4, -0.2) is 19.3 Å². The zero-order valence-corrected chi connectivity index (χ0v) is 13.1. The topological polar surface area (TPSA) is 83.5 Å². The Morgan fingerprint density at radius 3 is 2.18 bits per heavy atom. The molecule has 22 heavy (non-hydrogen) atoms. The van der Waals surface area contributed by atoms with Gasteiger partial charge in [0.05, 0.1) is 10.6 Å². The number of rotatable bonds is 5. The minimum atomic E-state index is -3.82. The summed E-state index contributed by atoms with van der Waals surface area (Å²) >= 11 is 0. The molecule has 0 fully saturated rings. The summed E-state index contributed by atoms with van der Waals surface area (Å²) in [6.45, 7) is 3.57. The van der Waals surface area contributed by atoms with E-state index in [0.717, 1.165) is 0 Å². The molecule has 2 N–H and O–H groups in total. The number of phenols is 1. The van der Waals surface area contributed by atoms with Gasteiger partial charge in [0.1, 0.15) is 5.75 Å². The van der Waals surface area contributed by atoms with Crippen molar-refractivity contribution in [1.29, 1.82) is 0 Å². The van der Waals surface area contributed by atoms with Crippen LogP contribution in [0.1, 0.15) is 24.2 Å². The average molecular weight is 319 g/mol. The van der Waals surface area contributed by atoms with Crippen LogP contribution in [0, 0.1) is 5.92 Å². The van der Waals surface area contributed by atoms with E-state index in [0.29, 0.717) is 5.56 Å². The van der Waals surface area contributed by atoms with Gasteiger partial charge in [0, 0.05) is 11.5 Å². The van der Waals surface area contributed by atoms with Crippen molar-refractivity contribution in [2.45, 2.75) is 18.7 Å². The molecule has 0 spiro atoms. The van der Waals surface area contributed by atoms with Gasteiger partial charge in [0.15, 0.2) is 5.78 Å². The lowest BCUT2D eigenvalue weighted by molar-refractivity contribution is 0.0939. The third kappa shape index (κ3) is 3.46. The molecular weight excluding hydrogens is 302 g/mol. The molecule has 2 rings (SSSR count). The molecule has 0 aliphatic rings. The van der Waals surface area contributed by atoms with E-state index in [1.54, 1.807) is 26.0 Å². The molecule has 6 heteroatoms. The van der Waals surface area contributed by atoms with E-state index in [4.69, 9.17) is 0 Å². The van der Waals surface area contributed by atoms with Gasteiger partial charge >= 0.3 is 0 Å². The number of ketones is 1. The van der Waals surface area contributed by atoms with Crippen LogP contribution < -0.4 is 4.72 Å². The number of anilines is 1. The van der Waals surface area contributed by atoms with Crippen molar-refractivity contribution in [3.05, 3.63) is 54.1 Å². The van der Waals surface area contributed by atoms with Gasteiger partial charge in [-0.05, 0) is 24.3 Å². The van der Waals surface area contributed by atoms with Crippen LogP contribution in [0.4, 0.5) is 5.69 Å². The molecule has 0 aromatic heterocycles. The van der Waals surface area contributed by atoms with E-state index in [1.165, 1.54) is 36.4 Å². The maximum Gasteiger partial charge on any atom is 0.262 e. The standard InChI is InChI=1S/C16H17NO4S/c1-11(2)16(19)12-7-9-13(10-8-12)22(20,21)17-14-5-3-4-6-15(14)18/h3-11,17-18H,1-2H3. The molecule has 116 valence electrons. The number of phenolic OH excluding ortho intramolecular Hbond substituents is 1. The number of nitrogens with one attached hydrogen (secondary N) is 1. The third-order valence-corrected chi connectivity index (χ3v) is 4.50. The Bertz CT molecular complexity index is 780. The normalized spacial score (nSPS) is 11.4. The molecule has 2 aromatic carbocycles. The van der Waals surface area contributed by atoms with Crippen LogP contribution in [0.5, 0.6) is 5.75 Å². The van der Waals surface area contributed by atoms with Crippen molar-refractivity contribution in [3.8, 4) is 5.75 Å². The highest BCUT2D eigenvalue weighted by Crippen LogP contribution is 2.25. The number of Topliss-reactive ketones (excluding diaryl/α,β-unsaturated/α-hetero) is 1. The van der Waals surface area contributed by atoms with Gasteiger partial charge in [-0.1, -0.05) is 38.1 Å². The maximum absolute atomic E-state index is 12.3. The zero-order valence-electron chi connectivity index (χ0n) is 12.3. The second-order valence-electron chi connectivity index (χ2n) is 5.17. The van der Waals surface area contributed by atoms with E-state index in [1.807, 2.05) is 0 Å². The first kappa shape index (κ1) is 16.0. The van der Waals surface area contributed by atoms with Crippen LogP contribution in [0.2, 0.25) is 0 Å². The second kappa shape index (κ2) is 6.19. The minimum absolute atomic E-state index is 0.0241. The molecule has 0 radical (unpaired) electrons. The van der Waals surface area contributed by atoms with E-state index in [9.17, 15) is 18.3 Å². The molecule has 0 atom stereocenters. The number of sulfonamides is 1. The predicted molar refractivity (Wildman–Crippen MR) is 84.5 cm³/mol. The number of aromatic hydroxyl groups is 1. The van der Waals surface area contributed by atoms with Crippen molar-refractivity contribution in [3.63, 3.8) is 0 Å². The molecule has 0 aliphatic carbocycles. The Balaban J connectivity index is 2.27. The van der Waals surface area contributed by atoms with Crippen LogP contribution >= 0.6 is 0 Å². The number of carbonyl (C=O) groups excluding carboxylic acids is 1. The van der Waals surface area contributed by atoms with E-state index in [2.05, 4.69) is 4.72 Å². The van der Waals surface area contributed by atoms with Crippen LogP contribution in [-0.2, 0) is 10.0 Å². The first-order valence-corrected chi connectivity index (χ1v) is 8.24. The van der Waals surface area contributed by atoms with Gasteiger partial charge in [-0.2, -0.15) is 0 Å². The van der Waals surface area contributed by atoms with Gasteiger partial charge in [-0.25, -0.2) is 8.42 Å². The van der Waals surface area contributed by atoms with Crippen LogP contribution in [0.25, 0.3) is 0 Å². The highest BCUT2D eigenvalue weighted by molar-refractivity contribution is 7.92. The summed E-state index contributed by atoms with van der Waals surface area (Å²) in [4.78, 5) is 11.9. The van der Waals surface area contributed by atoms with E-state index >= 15 is 0 Å². The highest BCUT2D eigenvalue weighted by atomic mass is 32.2. The van der Waals surface area contributed by atoms with E-state index in [-0.39, 0.29) is 28.0 Å². The lowest BCUT2D eigenvalue weighted by atomic mass is 10.0. The molecule has 0 unspecified atom stereocenters. The van der Waals surface area contributed by atoms with Crippen molar-refractivity contribution in [2.24, 2.45) is 5.92 Å². The quantitative estimate of drug-likeness (QED) is 0.655. The summed E-state index contributed by atoms with van der Waals surface area (Å²) in [5, 5.41) is 9.63. The van der Waals surface area contributed by atoms with Crippen LogP contribution in [0.3, 0.4) is 0 Å². The molecule has 0 heterocycles. The SMILES string of the molecule is CC(C)C(=O)c1ccc(S(=O)(=O)Nc2ccccc2O)cc1. The van der Waals surface area contributed by atoms with Crippen LogP contribution in [0.15, 0.2) is 53.4 Å². The highest BCUT2D eigenvalue weighted by Gasteiger charge is 2.17. The number of hydrogen-bond acceptors (Lipinski definition) is 4. The third-order valence-electron chi connectivity index (χ3n) is 3.12. The molecule has 0 bridgehead atoms. The summed E-state index contributed by atoms with van der Waals surface area (Å²) < 4.78 is 26.8. The Morgan fingerprint density at radius 1 is 1.05 bits per heavy atom. The molecule has 2 aromatic rings. The largest absolute Gasteiger partial charge is 0.506 e. The first-order chi connectivity index (χ1) is 10.3. The molecular formula is C16H17NO4S. The predicted octanol–water partition coefficient (Wildman–Crippen LogP) is 3.03. The smallest absolute Gasteiger partial charge is 0.262 e. The monoisotopic (exact) mass is 319 g/mol. The van der Waals surface area contributed by atoms with Crippen molar-refractivity contribution >= 4 is 21.5 Å². The van der Waals surface area contributed by atoms with Crippen molar-refractivity contribution in [1.82, 2.24) is 0 Å². The Kier molecular flexibility index (Phi) is 4.51. The van der Waals surface area contributed by atoms with Crippen molar-refractivity contribution < 1.29 is 18.3 Å². The second-order valence-corrected chi connectivity index (χ2v) is 6.85. The van der Waals surface area contributed by atoms with Gasteiger partial charge < -0.3 is 5.11 Å². The lowest BCUT2D eigenvalue weighted by Crippen LogP contribution is -2.13. The van der Waals surface area contributed by atoms with E-state index < -0.39 is 10.0 Å².